The van der Waals surface area contributed by atoms with Crippen LogP contribution in [-0.4, -0.2) is 24.2 Å². The summed E-state index contributed by atoms with van der Waals surface area (Å²) in [6.45, 7) is 0. The van der Waals surface area contributed by atoms with Gasteiger partial charge in [-0.25, -0.2) is 9.18 Å². The Hall–Kier alpha value is -2.17. The number of rotatable bonds is 4. The number of ether oxygens (including phenoxy) is 1. The zero-order chi connectivity index (χ0) is 12.8. The molecule has 0 heterocycles. The summed E-state index contributed by atoms with van der Waals surface area (Å²) >= 11 is 0. The van der Waals surface area contributed by atoms with Crippen LogP contribution in [0.2, 0.25) is 0 Å². The lowest BCUT2D eigenvalue weighted by Gasteiger charge is -2.01. The summed E-state index contributed by atoms with van der Waals surface area (Å²) in [5, 5.41) is 8.58. The number of carbonyl (C=O) groups is 2. The van der Waals surface area contributed by atoms with Crippen LogP contribution in [0.3, 0.4) is 0 Å². The van der Waals surface area contributed by atoms with Crippen LogP contribution < -0.4 is 0 Å². The first-order valence-electron chi connectivity index (χ1n) is 4.79. The van der Waals surface area contributed by atoms with Gasteiger partial charge in [-0.05, 0) is 29.3 Å². The molecule has 0 atom stereocenters. The van der Waals surface area contributed by atoms with Gasteiger partial charge in [0.15, 0.2) is 0 Å². The van der Waals surface area contributed by atoms with Crippen LogP contribution >= 0.6 is 0 Å². The van der Waals surface area contributed by atoms with Crippen molar-refractivity contribution >= 4 is 18.0 Å². The molecule has 0 aromatic heterocycles. The molecule has 1 N–H and O–H groups in total. The minimum Gasteiger partial charge on any atom is -0.481 e. The molecule has 0 saturated heterocycles. The number of carboxylic acids is 1. The third-order valence-corrected chi connectivity index (χ3v) is 2.02. The second-order valence-electron chi connectivity index (χ2n) is 3.28. The molecule has 0 fully saturated rings. The summed E-state index contributed by atoms with van der Waals surface area (Å²) in [4.78, 5) is 21.3. The van der Waals surface area contributed by atoms with E-state index in [1.54, 1.807) is 0 Å². The number of methoxy groups -OCH3 is 1. The highest BCUT2D eigenvalue weighted by Crippen LogP contribution is 2.12. The van der Waals surface area contributed by atoms with Crippen molar-refractivity contribution in [3.63, 3.8) is 0 Å². The van der Waals surface area contributed by atoms with Gasteiger partial charge in [0.2, 0.25) is 0 Å². The van der Waals surface area contributed by atoms with Crippen molar-refractivity contribution in [1.29, 1.82) is 0 Å². The summed E-state index contributed by atoms with van der Waals surface area (Å²) in [5.74, 6) is -2.23. The number of hydrogen-bond donors (Lipinski definition) is 1. The maximum absolute atomic E-state index is 13.2. The molecule has 17 heavy (non-hydrogen) atoms. The average molecular weight is 238 g/mol. The number of halogens is 1. The molecule has 0 aliphatic rings. The zero-order valence-corrected chi connectivity index (χ0v) is 9.14. The Bertz CT molecular complexity index is 466. The second kappa shape index (κ2) is 5.79. The van der Waals surface area contributed by atoms with Crippen molar-refractivity contribution < 1.29 is 23.8 Å². The Labute approximate surface area is 97.3 Å². The highest BCUT2D eigenvalue weighted by Gasteiger charge is 2.07. The van der Waals surface area contributed by atoms with Crippen molar-refractivity contribution in [2.45, 2.75) is 6.42 Å². The SMILES string of the molecule is COC(=O)C=Cc1ccc(F)c(CC(=O)O)c1. The van der Waals surface area contributed by atoms with E-state index in [0.29, 0.717) is 5.56 Å². The lowest BCUT2D eigenvalue weighted by atomic mass is 10.1. The van der Waals surface area contributed by atoms with E-state index in [1.807, 2.05) is 0 Å². The van der Waals surface area contributed by atoms with Crippen LogP contribution in [-0.2, 0) is 20.7 Å². The summed E-state index contributed by atoms with van der Waals surface area (Å²) in [7, 11) is 1.24. The Morgan fingerprint density at radius 2 is 2.18 bits per heavy atom. The molecule has 0 unspecified atom stereocenters. The van der Waals surface area contributed by atoms with Crippen molar-refractivity contribution in [2.24, 2.45) is 0 Å². The molecule has 1 aromatic carbocycles. The number of hydrogen-bond acceptors (Lipinski definition) is 3. The van der Waals surface area contributed by atoms with Gasteiger partial charge in [0, 0.05) is 6.08 Å². The second-order valence-corrected chi connectivity index (χ2v) is 3.28. The molecule has 90 valence electrons. The Balaban J connectivity index is 2.92. The smallest absolute Gasteiger partial charge is 0.330 e. The fraction of sp³-hybridized carbons (Fsp3) is 0.167. The first-order chi connectivity index (χ1) is 8.02. The summed E-state index contributed by atoms with van der Waals surface area (Å²) in [6.07, 6.45) is 2.21. The fourth-order valence-electron chi connectivity index (χ4n) is 1.23. The van der Waals surface area contributed by atoms with Crippen molar-refractivity contribution in [1.82, 2.24) is 0 Å². The normalized spacial score (nSPS) is 10.5. The monoisotopic (exact) mass is 238 g/mol. The van der Waals surface area contributed by atoms with E-state index in [-0.39, 0.29) is 5.56 Å². The van der Waals surface area contributed by atoms with E-state index in [1.165, 1.54) is 31.4 Å². The predicted octanol–water partition coefficient (Wildman–Crippen LogP) is 1.64. The molecule has 0 bridgehead atoms. The number of carboxylic acid groups (broad SMARTS) is 1. The minimum atomic E-state index is -1.11. The number of esters is 1. The Kier molecular flexibility index (Phi) is 4.39. The van der Waals surface area contributed by atoms with Gasteiger partial charge < -0.3 is 9.84 Å². The molecule has 5 heteroatoms. The minimum absolute atomic E-state index is 0.0736. The quantitative estimate of drug-likeness (QED) is 0.639. The summed E-state index contributed by atoms with van der Waals surface area (Å²) in [5.41, 5.74) is 0.609. The third-order valence-electron chi connectivity index (χ3n) is 2.02. The lowest BCUT2D eigenvalue weighted by Crippen LogP contribution is -2.02. The van der Waals surface area contributed by atoms with Crippen LogP contribution in [0.15, 0.2) is 24.3 Å². The van der Waals surface area contributed by atoms with Crippen molar-refractivity contribution in [3.05, 3.63) is 41.2 Å². The Morgan fingerprint density at radius 1 is 1.47 bits per heavy atom. The zero-order valence-electron chi connectivity index (χ0n) is 9.14. The van der Waals surface area contributed by atoms with Gasteiger partial charge >= 0.3 is 11.9 Å². The average Bonchev–Trinajstić information content (AvgIpc) is 2.29. The highest BCUT2D eigenvalue weighted by molar-refractivity contribution is 5.87. The van der Waals surface area contributed by atoms with Gasteiger partial charge in [0.25, 0.3) is 0 Å². The maximum atomic E-state index is 13.2. The Morgan fingerprint density at radius 3 is 2.76 bits per heavy atom. The van der Waals surface area contributed by atoms with Gasteiger partial charge in [-0.3, -0.25) is 4.79 Å². The molecule has 1 aromatic rings. The van der Waals surface area contributed by atoms with Crippen LogP contribution in [0.25, 0.3) is 6.08 Å². The predicted molar refractivity (Wildman–Crippen MR) is 58.8 cm³/mol. The third kappa shape index (κ3) is 4.06. The van der Waals surface area contributed by atoms with Gasteiger partial charge in [-0.1, -0.05) is 6.07 Å². The van der Waals surface area contributed by atoms with Crippen LogP contribution in [0.1, 0.15) is 11.1 Å². The van der Waals surface area contributed by atoms with Gasteiger partial charge in [0.1, 0.15) is 5.82 Å². The molecule has 0 radical (unpaired) electrons. The topological polar surface area (TPSA) is 63.6 Å². The maximum Gasteiger partial charge on any atom is 0.330 e. The van der Waals surface area contributed by atoms with E-state index in [4.69, 9.17) is 5.11 Å². The van der Waals surface area contributed by atoms with Crippen LogP contribution in [0.4, 0.5) is 4.39 Å². The molecule has 4 nitrogen and oxygen atoms in total. The fourth-order valence-corrected chi connectivity index (χ4v) is 1.23. The standard InChI is InChI=1S/C12H11FO4/c1-17-12(16)5-3-8-2-4-10(13)9(6-8)7-11(14)15/h2-6H,7H2,1H3,(H,14,15). The van der Waals surface area contributed by atoms with Crippen LogP contribution in [0.5, 0.6) is 0 Å². The van der Waals surface area contributed by atoms with Gasteiger partial charge in [-0.2, -0.15) is 0 Å². The molecule has 0 aliphatic carbocycles. The van der Waals surface area contributed by atoms with E-state index in [2.05, 4.69) is 4.74 Å². The molecular formula is C12H11FO4. The highest BCUT2D eigenvalue weighted by atomic mass is 19.1. The lowest BCUT2D eigenvalue weighted by molar-refractivity contribution is -0.136. The number of benzene rings is 1. The van der Waals surface area contributed by atoms with Crippen molar-refractivity contribution in [2.75, 3.05) is 7.11 Å². The van der Waals surface area contributed by atoms with E-state index >= 15 is 0 Å². The van der Waals surface area contributed by atoms with Gasteiger partial charge in [0.05, 0.1) is 13.5 Å². The summed E-state index contributed by atoms with van der Waals surface area (Å²) in [6, 6.07) is 3.98. The van der Waals surface area contributed by atoms with E-state index < -0.39 is 24.2 Å². The van der Waals surface area contributed by atoms with E-state index in [0.717, 1.165) is 6.07 Å². The largest absolute Gasteiger partial charge is 0.481 e. The van der Waals surface area contributed by atoms with Crippen molar-refractivity contribution in [3.8, 4) is 0 Å². The molecule has 0 aliphatic heterocycles. The number of carbonyl (C=O) groups excluding carboxylic acids is 1. The number of aliphatic carboxylic acids is 1. The first kappa shape index (κ1) is 12.9. The van der Waals surface area contributed by atoms with E-state index in [9.17, 15) is 14.0 Å². The summed E-state index contributed by atoms with van der Waals surface area (Å²) < 4.78 is 17.6. The molecule has 0 amide bonds. The molecule has 0 spiro atoms. The molecule has 0 saturated carbocycles. The first-order valence-corrected chi connectivity index (χ1v) is 4.79. The molecular weight excluding hydrogens is 227 g/mol. The van der Waals surface area contributed by atoms with Gasteiger partial charge in [-0.15, -0.1) is 0 Å². The van der Waals surface area contributed by atoms with Crippen LogP contribution in [0, 0.1) is 5.82 Å². The molecule has 1 rings (SSSR count).